The molecule has 3 aliphatic rings. The predicted molar refractivity (Wildman–Crippen MR) is 117 cm³/mol. The molecule has 6 nitrogen and oxygen atoms in total. The van der Waals surface area contributed by atoms with Gasteiger partial charge in [0.25, 0.3) is 5.91 Å². The lowest BCUT2D eigenvalue weighted by Crippen LogP contribution is -2.53. The van der Waals surface area contributed by atoms with Gasteiger partial charge < -0.3 is 15.8 Å². The van der Waals surface area contributed by atoms with Gasteiger partial charge in [0, 0.05) is 23.7 Å². The zero-order chi connectivity index (χ0) is 23.6. The van der Waals surface area contributed by atoms with E-state index in [1.54, 1.807) is 12.3 Å². The van der Waals surface area contributed by atoms with Gasteiger partial charge in [0.1, 0.15) is 28.8 Å². The monoisotopic (exact) mass is 466 g/mol. The van der Waals surface area contributed by atoms with Gasteiger partial charge in [-0.05, 0) is 55.5 Å². The summed E-state index contributed by atoms with van der Waals surface area (Å²) in [4.78, 5) is 21.0. The van der Waals surface area contributed by atoms with E-state index >= 15 is 0 Å². The summed E-state index contributed by atoms with van der Waals surface area (Å²) in [5.41, 5.74) is 6.04. The van der Waals surface area contributed by atoms with Gasteiger partial charge >= 0.3 is 0 Å². The van der Waals surface area contributed by atoms with Gasteiger partial charge in [0.15, 0.2) is 0 Å². The highest BCUT2D eigenvalue weighted by molar-refractivity contribution is 6.03. The van der Waals surface area contributed by atoms with Gasteiger partial charge in [-0.25, -0.2) is 18.2 Å². The third-order valence-electron chi connectivity index (χ3n) is 7.36. The fourth-order valence-electron chi connectivity index (χ4n) is 5.54. The fraction of sp³-hybridized carbons (Fsp3) is 0.320. The third kappa shape index (κ3) is 3.22. The zero-order valence-corrected chi connectivity index (χ0v) is 18.0. The molecule has 34 heavy (non-hydrogen) atoms. The first-order valence-corrected chi connectivity index (χ1v) is 11.2. The number of nitrogens with one attached hydrogen (secondary N) is 1. The number of nitrogens with two attached hydrogens (primary N) is 1. The molecule has 2 aliphatic carbocycles. The maximum Gasteiger partial charge on any atom is 0.274 e. The summed E-state index contributed by atoms with van der Waals surface area (Å²) in [6, 6.07) is 7.08. The van der Waals surface area contributed by atoms with E-state index < -0.39 is 34.6 Å². The minimum atomic E-state index is -0.976. The van der Waals surface area contributed by atoms with Gasteiger partial charge in [-0.1, -0.05) is 6.07 Å². The first-order valence-electron chi connectivity index (χ1n) is 11.2. The molecule has 3 heterocycles. The second-order valence-corrected chi connectivity index (χ2v) is 9.24. The highest BCUT2D eigenvalue weighted by atomic mass is 19.1. The number of anilines is 1. The standard InChI is InChI=1S/C25H21F3N4O2/c26-15-2-1-3-16(27)22(15)23-17(28)4-5-19(31-23)24(33)32-20-11-30-7-6-13(20)21-9-18(29)14-8-12-10-25(12,14)34-21/h1-7,11-12,14,18,21H,8-10,29H2,(H,32,33)/t12?,14-,18?,21-,25?/m1/s1. The molecule has 0 bridgehead atoms. The zero-order valence-electron chi connectivity index (χ0n) is 18.0. The number of halogens is 3. The number of amides is 1. The Hall–Kier alpha value is -3.30. The van der Waals surface area contributed by atoms with Gasteiger partial charge in [0.05, 0.1) is 29.2 Å². The molecular weight excluding hydrogens is 445 g/mol. The molecule has 9 heteroatoms. The summed E-state index contributed by atoms with van der Waals surface area (Å²) in [7, 11) is 0. The Morgan fingerprint density at radius 1 is 1.09 bits per heavy atom. The molecule has 2 saturated carbocycles. The molecule has 1 aliphatic heterocycles. The van der Waals surface area contributed by atoms with E-state index in [4.69, 9.17) is 10.5 Å². The van der Waals surface area contributed by atoms with Crippen molar-refractivity contribution in [3.05, 3.63) is 77.5 Å². The van der Waals surface area contributed by atoms with E-state index in [-0.39, 0.29) is 23.4 Å². The van der Waals surface area contributed by atoms with Crippen LogP contribution in [0.15, 0.2) is 48.8 Å². The second-order valence-electron chi connectivity index (χ2n) is 9.24. The number of nitrogens with zero attached hydrogens (tertiary/aromatic N) is 2. The van der Waals surface area contributed by atoms with Crippen LogP contribution in [0, 0.1) is 29.3 Å². The molecule has 174 valence electrons. The molecular formula is C25H21F3N4O2. The molecule has 0 radical (unpaired) electrons. The predicted octanol–water partition coefficient (Wildman–Crippen LogP) is 4.38. The lowest BCUT2D eigenvalue weighted by molar-refractivity contribution is -0.157. The Kier molecular flexibility index (Phi) is 4.76. The number of carbonyl (C=O) groups excluding carboxylic acids is 1. The van der Waals surface area contributed by atoms with Crippen LogP contribution in [0.5, 0.6) is 0 Å². The molecule has 6 rings (SSSR count). The largest absolute Gasteiger partial charge is 0.366 e. The van der Waals surface area contributed by atoms with E-state index in [2.05, 4.69) is 15.3 Å². The van der Waals surface area contributed by atoms with Gasteiger partial charge in [0.2, 0.25) is 0 Å². The molecule has 5 atom stereocenters. The number of aromatic nitrogens is 2. The van der Waals surface area contributed by atoms with Crippen molar-refractivity contribution < 1.29 is 22.7 Å². The van der Waals surface area contributed by atoms with Crippen LogP contribution in [-0.4, -0.2) is 27.5 Å². The van der Waals surface area contributed by atoms with Crippen LogP contribution in [0.25, 0.3) is 11.3 Å². The quantitative estimate of drug-likeness (QED) is 0.596. The van der Waals surface area contributed by atoms with E-state index in [9.17, 15) is 18.0 Å². The van der Waals surface area contributed by atoms with Crippen molar-refractivity contribution in [1.29, 1.82) is 0 Å². The Morgan fingerprint density at radius 3 is 2.62 bits per heavy atom. The van der Waals surface area contributed by atoms with Crippen molar-refractivity contribution in [2.45, 2.75) is 37.0 Å². The van der Waals surface area contributed by atoms with Crippen LogP contribution in [0.1, 0.15) is 41.4 Å². The fourth-order valence-corrected chi connectivity index (χ4v) is 5.54. The first-order chi connectivity index (χ1) is 16.4. The Morgan fingerprint density at radius 2 is 1.88 bits per heavy atom. The summed E-state index contributed by atoms with van der Waals surface area (Å²) in [5.74, 6) is -2.62. The molecule has 3 N–H and O–H groups in total. The average Bonchev–Trinajstić information content (AvgIpc) is 3.32. The van der Waals surface area contributed by atoms with Gasteiger partial charge in [-0.2, -0.15) is 0 Å². The molecule has 3 aromatic rings. The molecule has 1 amide bonds. The summed E-state index contributed by atoms with van der Waals surface area (Å²) >= 11 is 0. The summed E-state index contributed by atoms with van der Waals surface area (Å²) < 4.78 is 49.2. The van der Waals surface area contributed by atoms with Gasteiger partial charge in [-0.3, -0.25) is 9.78 Å². The Balaban J connectivity index is 1.28. The molecule has 3 fully saturated rings. The highest BCUT2D eigenvalue weighted by Crippen LogP contribution is 2.70. The topological polar surface area (TPSA) is 90.1 Å². The number of hydrogen-bond donors (Lipinski definition) is 2. The Bertz CT molecular complexity index is 1300. The van der Waals surface area contributed by atoms with Crippen molar-refractivity contribution in [1.82, 2.24) is 9.97 Å². The van der Waals surface area contributed by atoms with E-state index in [1.165, 1.54) is 12.3 Å². The highest BCUT2D eigenvalue weighted by Gasteiger charge is 2.72. The van der Waals surface area contributed by atoms with Crippen molar-refractivity contribution in [2.75, 3.05) is 5.32 Å². The summed E-state index contributed by atoms with van der Waals surface area (Å²) in [6.45, 7) is 0. The van der Waals surface area contributed by atoms with Crippen LogP contribution >= 0.6 is 0 Å². The minimum absolute atomic E-state index is 0.0196. The number of benzene rings is 1. The molecule has 1 spiro atoms. The van der Waals surface area contributed by atoms with E-state index in [0.717, 1.165) is 42.7 Å². The van der Waals surface area contributed by atoms with Crippen molar-refractivity contribution >= 4 is 11.6 Å². The Labute approximate surface area is 193 Å². The lowest BCUT2D eigenvalue weighted by atomic mass is 9.72. The summed E-state index contributed by atoms with van der Waals surface area (Å²) in [5, 5.41) is 2.74. The molecule has 2 aromatic heterocycles. The number of hydrogen-bond acceptors (Lipinski definition) is 5. The van der Waals surface area contributed by atoms with Crippen LogP contribution in [-0.2, 0) is 4.74 Å². The van der Waals surface area contributed by atoms with Crippen LogP contribution in [0.3, 0.4) is 0 Å². The second kappa shape index (κ2) is 7.61. The lowest BCUT2D eigenvalue weighted by Gasteiger charge is -2.48. The maximum atomic E-state index is 14.4. The van der Waals surface area contributed by atoms with Crippen LogP contribution in [0.4, 0.5) is 18.9 Å². The third-order valence-corrected chi connectivity index (χ3v) is 7.36. The normalized spacial score (nSPS) is 28.9. The van der Waals surface area contributed by atoms with Crippen molar-refractivity contribution in [3.8, 4) is 11.3 Å². The van der Waals surface area contributed by atoms with E-state index in [1.807, 2.05) is 0 Å². The summed E-state index contributed by atoms with van der Waals surface area (Å²) in [6.07, 6.45) is 5.57. The van der Waals surface area contributed by atoms with E-state index in [0.29, 0.717) is 23.9 Å². The number of carbonyl (C=O) groups is 1. The smallest absolute Gasteiger partial charge is 0.274 e. The van der Waals surface area contributed by atoms with Crippen LogP contribution in [0.2, 0.25) is 0 Å². The number of pyridine rings is 2. The van der Waals surface area contributed by atoms with Crippen LogP contribution < -0.4 is 11.1 Å². The average molecular weight is 466 g/mol. The molecule has 1 saturated heterocycles. The number of rotatable bonds is 4. The number of ether oxygens (including phenoxy) is 1. The molecule has 3 unspecified atom stereocenters. The van der Waals surface area contributed by atoms with Gasteiger partial charge in [-0.15, -0.1) is 0 Å². The maximum absolute atomic E-state index is 14.4. The van der Waals surface area contributed by atoms with Crippen molar-refractivity contribution in [2.24, 2.45) is 17.6 Å². The SMILES string of the molecule is NC1C[C@H](c2ccncc2NC(=O)c2ccc(F)c(-c3c(F)cccc3F)n2)OC23CC2C[C@H]13. The molecule has 1 aromatic carbocycles. The first kappa shape index (κ1) is 21.2. The minimum Gasteiger partial charge on any atom is -0.366 e. The van der Waals surface area contributed by atoms with Crippen molar-refractivity contribution in [3.63, 3.8) is 0 Å².